The monoisotopic (exact) mass is 458 g/mol. The smallest absolute Gasteiger partial charge is 0.325 e. The van der Waals surface area contributed by atoms with E-state index in [0.717, 1.165) is 17.6 Å². The Labute approximate surface area is 181 Å². The fourth-order valence-corrected chi connectivity index (χ4v) is 5.02. The van der Waals surface area contributed by atoms with Crippen LogP contribution in [0.5, 0.6) is 0 Å². The third kappa shape index (κ3) is 3.89. The zero-order valence-electron chi connectivity index (χ0n) is 16.9. The van der Waals surface area contributed by atoms with E-state index in [-0.39, 0.29) is 16.2 Å². The average molecular weight is 459 g/mol. The molecule has 3 heterocycles. The fourth-order valence-electron chi connectivity index (χ4n) is 3.23. The summed E-state index contributed by atoms with van der Waals surface area (Å²) in [6.07, 6.45) is 2.84. The Hall–Kier alpha value is -3.31. The first-order valence-electron chi connectivity index (χ1n) is 9.12. The maximum atomic E-state index is 13.1. The van der Waals surface area contributed by atoms with E-state index in [4.69, 9.17) is 4.74 Å². The number of carbonyl (C=O) groups excluding carboxylic acids is 2. The molecule has 0 saturated carbocycles. The number of ether oxygens (including phenoxy) is 1. The molecule has 0 fully saturated rings. The second-order valence-electron chi connectivity index (χ2n) is 6.84. The standard InChI is InChI=1S/C20H18N4O5S2/c1-12-18(23-9-5-4-6-16(23)21-12)19(26)22-20-24(11-17(25)29-2)14-8-7-13(31(3,27)28)10-15(14)30-20/h4-10H,11H2,1-3H3. The molecule has 0 radical (unpaired) electrons. The highest BCUT2D eigenvalue weighted by molar-refractivity contribution is 7.90. The molecule has 1 amide bonds. The number of rotatable bonds is 4. The van der Waals surface area contributed by atoms with Crippen LogP contribution in [0.2, 0.25) is 0 Å². The van der Waals surface area contributed by atoms with E-state index in [9.17, 15) is 18.0 Å². The van der Waals surface area contributed by atoms with Crippen LogP contribution >= 0.6 is 11.3 Å². The maximum absolute atomic E-state index is 13.1. The van der Waals surface area contributed by atoms with Crippen molar-refractivity contribution in [3.8, 4) is 0 Å². The molecule has 0 aliphatic carbocycles. The van der Waals surface area contributed by atoms with E-state index in [1.165, 1.54) is 23.8 Å². The number of thiazole rings is 1. The summed E-state index contributed by atoms with van der Waals surface area (Å²) in [6.45, 7) is 1.55. The van der Waals surface area contributed by atoms with E-state index in [0.29, 0.717) is 27.3 Å². The number of pyridine rings is 1. The zero-order valence-corrected chi connectivity index (χ0v) is 18.5. The molecule has 0 spiro atoms. The molecule has 31 heavy (non-hydrogen) atoms. The molecule has 0 bridgehead atoms. The second kappa shape index (κ2) is 7.75. The highest BCUT2D eigenvalue weighted by Crippen LogP contribution is 2.22. The first-order chi connectivity index (χ1) is 14.7. The van der Waals surface area contributed by atoms with Crippen molar-refractivity contribution in [1.82, 2.24) is 14.0 Å². The number of amides is 1. The largest absolute Gasteiger partial charge is 0.468 e. The lowest BCUT2D eigenvalue weighted by Gasteiger charge is -2.04. The predicted molar refractivity (Wildman–Crippen MR) is 115 cm³/mol. The fraction of sp³-hybridized carbons (Fsp3) is 0.200. The van der Waals surface area contributed by atoms with E-state index in [1.54, 1.807) is 35.7 Å². The minimum Gasteiger partial charge on any atom is -0.468 e. The summed E-state index contributed by atoms with van der Waals surface area (Å²) in [6, 6.07) is 9.95. The highest BCUT2D eigenvalue weighted by atomic mass is 32.2. The molecule has 3 aromatic heterocycles. The van der Waals surface area contributed by atoms with Crippen molar-refractivity contribution in [1.29, 1.82) is 0 Å². The molecule has 0 N–H and O–H groups in total. The minimum atomic E-state index is -3.42. The van der Waals surface area contributed by atoms with Crippen molar-refractivity contribution in [2.24, 2.45) is 4.99 Å². The van der Waals surface area contributed by atoms with Gasteiger partial charge in [-0.2, -0.15) is 4.99 Å². The van der Waals surface area contributed by atoms with Crippen molar-refractivity contribution in [2.75, 3.05) is 13.4 Å². The molecule has 9 nitrogen and oxygen atoms in total. The number of carbonyl (C=O) groups is 2. The summed E-state index contributed by atoms with van der Waals surface area (Å²) in [5.74, 6) is -1.04. The number of benzene rings is 1. The van der Waals surface area contributed by atoms with Gasteiger partial charge in [0.25, 0.3) is 5.91 Å². The molecule has 4 rings (SSSR count). The van der Waals surface area contributed by atoms with Crippen LogP contribution < -0.4 is 4.80 Å². The van der Waals surface area contributed by atoms with Crippen molar-refractivity contribution in [3.05, 3.63) is 58.8 Å². The summed E-state index contributed by atoms with van der Waals surface area (Å²) in [5.41, 5.74) is 2.04. The number of sulfone groups is 1. The summed E-state index contributed by atoms with van der Waals surface area (Å²) in [7, 11) is -2.15. The van der Waals surface area contributed by atoms with E-state index in [2.05, 4.69) is 9.98 Å². The lowest BCUT2D eigenvalue weighted by molar-refractivity contribution is -0.141. The van der Waals surface area contributed by atoms with Gasteiger partial charge in [0.1, 0.15) is 17.9 Å². The lowest BCUT2D eigenvalue weighted by atomic mass is 10.3. The molecule has 0 aliphatic heterocycles. The summed E-state index contributed by atoms with van der Waals surface area (Å²) < 4.78 is 32.4. The van der Waals surface area contributed by atoms with E-state index < -0.39 is 21.7 Å². The normalized spacial score (nSPS) is 12.5. The molecule has 0 saturated heterocycles. The van der Waals surface area contributed by atoms with Crippen LogP contribution in [0.25, 0.3) is 15.9 Å². The number of aromatic nitrogens is 3. The first-order valence-corrected chi connectivity index (χ1v) is 11.8. The molecule has 4 aromatic rings. The lowest BCUT2D eigenvalue weighted by Crippen LogP contribution is -2.22. The van der Waals surface area contributed by atoms with Gasteiger partial charge in [-0.3, -0.25) is 14.0 Å². The number of nitrogens with zero attached hydrogens (tertiary/aromatic N) is 4. The van der Waals surface area contributed by atoms with Gasteiger partial charge in [-0.1, -0.05) is 17.4 Å². The maximum Gasteiger partial charge on any atom is 0.325 e. The minimum absolute atomic E-state index is 0.141. The Balaban J connectivity index is 1.93. The van der Waals surface area contributed by atoms with Gasteiger partial charge >= 0.3 is 5.97 Å². The summed E-state index contributed by atoms with van der Waals surface area (Å²) >= 11 is 1.12. The molecule has 11 heteroatoms. The predicted octanol–water partition coefficient (Wildman–Crippen LogP) is 1.98. The number of aryl methyl sites for hydroxylation is 1. The second-order valence-corrected chi connectivity index (χ2v) is 9.87. The van der Waals surface area contributed by atoms with Crippen LogP contribution in [0.15, 0.2) is 52.5 Å². The van der Waals surface area contributed by atoms with Crippen molar-refractivity contribution < 1.29 is 22.7 Å². The van der Waals surface area contributed by atoms with Crippen molar-refractivity contribution >= 4 is 48.9 Å². The molecule has 0 atom stereocenters. The number of fused-ring (bicyclic) bond motifs is 2. The van der Waals surface area contributed by atoms with Gasteiger partial charge in [-0.15, -0.1) is 0 Å². The average Bonchev–Trinajstić information content (AvgIpc) is 3.23. The highest BCUT2D eigenvalue weighted by Gasteiger charge is 2.18. The van der Waals surface area contributed by atoms with Crippen LogP contribution in [0.4, 0.5) is 0 Å². The zero-order chi connectivity index (χ0) is 22.3. The Bertz CT molecular complexity index is 1530. The summed E-state index contributed by atoms with van der Waals surface area (Å²) in [5, 5.41) is 0. The molecular weight excluding hydrogens is 440 g/mol. The van der Waals surface area contributed by atoms with Gasteiger partial charge in [0, 0.05) is 12.5 Å². The molecule has 0 aliphatic rings. The Morgan fingerprint density at radius 2 is 2.00 bits per heavy atom. The van der Waals surface area contributed by atoms with Gasteiger partial charge in [0.2, 0.25) is 0 Å². The molecule has 1 aromatic carbocycles. The Morgan fingerprint density at radius 3 is 2.71 bits per heavy atom. The van der Waals surface area contributed by atoms with Crippen LogP contribution in [-0.4, -0.2) is 47.6 Å². The molecule has 160 valence electrons. The third-order valence-corrected chi connectivity index (χ3v) is 6.85. The number of hydrogen-bond acceptors (Lipinski definition) is 7. The Kier molecular flexibility index (Phi) is 5.23. The summed E-state index contributed by atoms with van der Waals surface area (Å²) in [4.78, 5) is 34.1. The van der Waals surface area contributed by atoms with Crippen LogP contribution in [0, 0.1) is 6.92 Å². The van der Waals surface area contributed by atoms with Crippen LogP contribution in [-0.2, 0) is 25.9 Å². The number of esters is 1. The van der Waals surface area contributed by atoms with Crippen LogP contribution in [0.3, 0.4) is 0 Å². The topological polar surface area (TPSA) is 112 Å². The Morgan fingerprint density at radius 1 is 1.23 bits per heavy atom. The van der Waals surface area contributed by atoms with Gasteiger partial charge in [-0.05, 0) is 37.3 Å². The molecular formula is C20H18N4O5S2. The van der Waals surface area contributed by atoms with Crippen LogP contribution in [0.1, 0.15) is 16.2 Å². The third-order valence-electron chi connectivity index (χ3n) is 4.70. The van der Waals surface area contributed by atoms with Gasteiger partial charge in [-0.25, -0.2) is 13.4 Å². The van der Waals surface area contributed by atoms with E-state index in [1.807, 2.05) is 6.07 Å². The van der Waals surface area contributed by atoms with Gasteiger partial charge in [0.05, 0.1) is 27.9 Å². The SMILES string of the molecule is COC(=O)Cn1c(=NC(=O)c2c(C)nc3ccccn23)sc2cc(S(C)(=O)=O)ccc21. The van der Waals surface area contributed by atoms with Crippen molar-refractivity contribution in [2.45, 2.75) is 18.4 Å². The molecule has 0 unspecified atom stereocenters. The van der Waals surface area contributed by atoms with Crippen molar-refractivity contribution in [3.63, 3.8) is 0 Å². The first kappa shape index (κ1) is 20.9. The quantitative estimate of drug-likeness (QED) is 0.432. The number of hydrogen-bond donors (Lipinski definition) is 0. The van der Waals surface area contributed by atoms with Gasteiger partial charge < -0.3 is 9.30 Å². The van der Waals surface area contributed by atoms with E-state index >= 15 is 0 Å². The number of imidazole rings is 1. The number of methoxy groups -OCH3 is 1. The van der Waals surface area contributed by atoms with Gasteiger partial charge in [0.15, 0.2) is 14.6 Å².